The van der Waals surface area contributed by atoms with Gasteiger partial charge in [0.2, 0.25) is 5.91 Å². The first-order valence-corrected chi connectivity index (χ1v) is 24.7. The summed E-state index contributed by atoms with van der Waals surface area (Å²) in [6.45, 7) is 4.81. The van der Waals surface area contributed by atoms with E-state index in [0.29, 0.717) is 17.4 Å². The molecule has 55 heavy (non-hydrogen) atoms. The molecule has 0 rings (SSSR count). The van der Waals surface area contributed by atoms with Crippen LogP contribution in [-0.2, 0) is 18.4 Å². The van der Waals surface area contributed by atoms with Gasteiger partial charge in [0.05, 0.1) is 39.9 Å². The Hall–Kier alpha value is -1.02. The number of hydrogen-bond acceptors (Lipinski definition) is 5. The molecule has 0 saturated carbocycles. The number of unbranched alkanes of at least 4 members (excludes halogenated alkanes) is 27. The number of carbonyl (C=O) groups is 1. The number of aliphatic hydroxyl groups excluding tert-OH is 1. The maximum absolute atomic E-state index is 12.9. The number of amides is 1. The average molecular weight is 800 g/mol. The summed E-state index contributed by atoms with van der Waals surface area (Å²) in [7, 11) is 1.56. The van der Waals surface area contributed by atoms with E-state index in [1.165, 1.54) is 154 Å². The lowest BCUT2D eigenvalue weighted by molar-refractivity contribution is -0.870. The minimum Gasteiger partial charge on any atom is -0.387 e. The Bertz CT molecular complexity index is 953. The Kier molecular flexibility index (Phi) is 37.8. The molecule has 0 aliphatic carbocycles. The van der Waals surface area contributed by atoms with Crippen molar-refractivity contribution in [3.63, 3.8) is 0 Å². The van der Waals surface area contributed by atoms with Crippen molar-refractivity contribution in [3.05, 3.63) is 24.3 Å². The number of phosphoric acid groups is 1. The zero-order chi connectivity index (χ0) is 40.7. The van der Waals surface area contributed by atoms with Crippen LogP contribution < -0.4 is 5.32 Å². The van der Waals surface area contributed by atoms with Crippen LogP contribution in [-0.4, -0.2) is 73.4 Å². The van der Waals surface area contributed by atoms with Gasteiger partial charge in [0.25, 0.3) is 0 Å². The molecule has 326 valence electrons. The van der Waals surface area contributed by atoms with Crippen LogP contribution in [0.15, 0.2) is 24.3 Å². The van der Waals surface area contributed by atoms with Crippen molar-refractivity contribution in [2.45, 2.75) is 225 Å². The summed E-state index contributed by atoms with van der Waals surface area (Å²) in [6.07, 6.45) is 45.3. The van der Waals surface area contributed by atoms with E-state index >= 15 is 0 Å². The number of likely N-dealkylation sites (N-methyl/N-ethyl adjacent to an activating group) is 1. The van der Waals surface area contributed by atoms with Crippen LogP contribution in [0, 0.1) is 0 Å². The second-order valence-electron chi connectivity index (χ2n) is 17.1. The van der Waals surface area contributed by atoms with Crippen LogP contribution in [0.5, 0.6) is 0 Å². The van der Waals surface area contributed by atoms with E-state index in [4.69, 9.17) is 9.05 Å². The second kappa shape index (κ2) is 38.5. The standard InChI is InChI=1S/C46H91N2O6P/c1-6-8-10-12-14-16-18-20-22-24-25-27-29-31-33-35-37-39-45(49)44(43-54-55(51,52)53-42-41-48(3,4)5)47-46(50)40-38-36-34-32-30-28-26-23-21-19-17-15-13-11-9-7-2/h29,31,37,39,44-45,49H,6-28,30,32-36,38,40-43H2,1-5H3,(H-,47,50,51,52)/p+1/b31-29+,39-37+/t44-,45+/m0/s1. The summed E-state index contributed by atoms with van der Waals surface area (Å²) >= 11 is 0. The lowest BCUT2D eigenvalue weighted by atomic mass is 10.0. The number of allylic oxidation sites excluding steroid dienone is 3. The van der Waals surface area contributed by atoms with Crippen LogP contribution in [0.3, 0.4) is 0 Å². The molecular formula is C46H92N2O6P+. The Morgan fingerprint density at radius 1 is 0.600 bits per heavy atom. The molecule has 1 unspecified atom stereocenters. The summed E-state index contributed by atoms with van der Waals surface area (Å²) in [5.41, 5.74) is 0. The van der Waals surface area contributed by atoms with Gasteiger partial charge >= 0.3 is 7.82 Å². The summed E-state index contributed by atoms with van der Waals surface area (Å²) in [5, 5.41) is 13.8. The van der Waals surface area contributed by atoms with Crippen LogP contribution in [0.4, 0.5) is 0 Å². The fourth-order valence-corrected chi connectivity index (χ4v) is 7.44. The highest BCUT2D eigenvalue weighted by atomic mass is 31.2. The Morgan fingerprint density at radius 2 is 1.00 bits per heavy atom. The van der Waals surface area contributed by atoms with Crippen LogP contribution in [0.2, 0.25) is 0 Å². The zero-order valence-corrected chi connectivity index (χ0v) is 37.8. The third-order valence-corrected chi connectivity index (χ3v) is 11.4. The molecule has 0 aromatic carbocycles. The lowest BCUT2D eigenvalue weighted by Gasteiger charge is -2.25. The number of aliphatic hydroxyl groups is 1. The molecule has 0 aromatic heterocycles. The molecule has 0 aliphatic heterocycles. The van der Waals surface area contributed by atoms with Gasteiger partial charge in [-0.2, -0.15) is 0 Å². The molecule has 0 bridgehead atoms. The highest BCUT2D eigenvalue weighted by molar-refractivity contribution is 7.47. The largest absolute Gasteiger partial charge is 0.472 e. The minimum absolute atomic E-state index is 0.0583. The molecule has 0 aromatic rings. The van der Waals surface area contributed by atoms with Crippen LogP contribution >= 0.6 is 7.82 Å². The fraction of sp³-hybridized carbons (Fsp3) is 0.891. The number of carbonyl (C=O) groups excluding carboxylic acids is 1. The maximum Gasteiger partial charge on any atom is 0.472 e. The Balaban J connectivity index is 4.43. The number of hydrogen-bond donors (Lipinski definition) is 3. The van der Waals surface area contributed by atoms with Crippen molar-refractivity contribution in [1.82, 2.24) is 5.32 Å². The molecule has 0 heterocycles. The van der Waals surface area contributed by atoms with E-state index < -0.39 is 20.0 Å². The molecule has 0 spiro atoms. The minimum atomic E-state index is -4.34. The van der Waals surface area contributed by atoms with Crippen molar-refractivity contribution in [2.75, 3.05) is 40.9 Å². The van der Waals surface area contributed by atoms with E-state index in [9.17, 15) is 19.4 Å². The summed E-state index contributed by atoms with van der Waals surface area (Å²) in [4.78, 5) is 23.1. The van der Waals surface area contributed by atoms with E-state index in [-0.39, 0.29) is 19.1 Å². The number of rotatable bonds is 42. The second-order valence-corrected chi connectivity index (χ2v) is 18.6. The first kappa shape index (κ1) is 54.0. The molecule has 0 saturated heterocycles. The third kappa shape index (κ3) is 41.0. The highest BCUT2D eigenvalue weighted by Gasteiger charge is 2.27. The number of quaternary nitrogens is 1. The van der Waals surface area contributed by atoms with E-state index in [1.807, 2.05) is 27.2 Å². The molecular weight excluding hydrogens is 707 g/mol. The zero-order valence-electron chi connectivity index (χ0n) is 36.9. The van der Waals surface area contributed by atoms with Crippen molar-refractivity contribution < 1.29 is 32.9 Å². The quantitative estimate of drug-likeness (QED) is 0.0246. The molecule has 0 fully saturated rings. The van der Waals surface area contributed by atoms with Crippen LogP contribution in [0.25, 0.3) is 0 Å². The van der Waals surface area contributed by atoms with E-state index in [0.717, 1.165) is 38.5 Å². The van der Waals surface area contributed by atoms with Gasteiger partial charge in [-0.05, 0) is 32.1 Å². The third-order valence-electron chi connectivity index (χ3n) is 10.4. The lowest BCUT2D eigenvalue weighted by Crippen LogP contribution is -2.45. The van der Waals surface area contributed by atoms with Gasteiger partial charge < -0.3 is 19.8 Å². The predicted molar refractivity (Wildman–Crippen MR) is 235 cm³/mol. The smallest absolute Gasteiger partial charge is 0.387 e. The van der Waals surface area contributed by atoms with Crippen LogP contribution in [0.1, 0.15) is 213 Å². The van der Waals surface area contributed by atoms with E-state index in [1.54, 1.807) is 6.08 Å². The van der Waals surface area contributed by atoms with Gasteiger partial charge in [0.1, 0.15) is 13.2 Å². The van der Waals surface area contributed by atoms with Crippen molar-refractivity contribution in [3.8, 4) is 0 Å². The monoisotopic (exact) mass is 800 g/mol. The fourth-order valence-electron chi connectivity index (χ4n) is 6.70. The SMILES string of the molecule is CCCCCCCCCCCCC/C=C/CC/C=C/[C@@H](O)[C@H](COP(=O)(O)OCC[N+](C)(C)C)NC(=O)CCCCCCCCCCCCCCCCCC. The predicted octanol–water partition coefficient (Wildman–Crippen LogP) is 12.9. The topological polar surface area (TPSA) is 105 Å². The molecule has 1 amide bonds. The highest BCUT2D eigenvalue weighted by Crippen LogP contribution is 2.43. The first-order chi connectivity index (χ1) is 26.5. The number of nitrogens with one attached hydrogen (secondary N) is 1. The Morgan fingerprint density at radius 3 is 1.45 bits per heavy atom. The van der Waals surface area contributed by atoms with Gasteiger partial charge in [0, 0.05) is 6.42 Å². The average Bonchev–Trinajstić information content (AvgIpc) is 3.13. The number of phosphoric ester groups is 1. The molecule has 3 atom stereocenters. The summed E-state index contributed by atoms with van der Waals surface area (Å²) in [6, 6.07) is -0.858. The van der Waals surface area contributed by atoms with Crippen molar-refractivity contribution >= 4 is 13.7 Å². The van der Waals surface area contributed by atoms with Crippen molar-refractivity contribution in [2.24, 2.45) is 0 Å². The molecule has 3 N–H and O–H groups in total. The summed E-state index contributed by atoms with van der Waals surface area (Å²) in [5.74, 6) is -0.185. The van der Waals surface area contributed by atoms with Gasteiger partial charge in [-0.1, -0.05) is 199 Å². The number of nitrogens with zero attached hydrogens (tertiary/aromatic N) is 1. The molecule has 9 heteroatoms. The van der Waals surface area contributed by atoms with Gasteiger partial charge in [-0.3, -0.25) is 13.8 Å². The van der Waals surface area contributed by atoms with Crippen molar-refractivity contribution in [1.29, 1.82) is 0 Å². The molecule has 0 radical (unpaired) electrons. The summed E-state index contributed by atoms with van der Waals surface area (Å²) < 4.78 is 23.6. The normalized spacial score (nSPS) is 14.5. The van der Waals surface area contributed by atoms with Gasteiger partial charge in [-0.15, -0.1) is 0 Å². The van der Waals surface area contributed by atoms with E-state index in [2.05, 4.69) is 31.3 Å². The van der Waals surface area contributed by atoms with Gasteiger partial charge in [-0.25, -0.2) is 4.57 Å². The molecule has 8 nitrogen and oxygen atoms in total. The van der Waals surface area contributed by atoms with Gasteiger partial charge in [0.15, 0.2) is 0 Å². The maximum atomic E-state index is 12.9. The Labute approximate surface area is 341 Å². The first-order valence-electron chi connectivity index (χ1n) is 23.2. The molecule has 0 aliphatic rings.